The number of aryl methyl sites for hydroxylation is 1. The number of rotatable bonds is 4. The second-order valence-corrected chi connectivity index (χ2v) is 4.71. The first-order chi connectivity index (χ1) is 8.53. The molecule has 0 radical (unpaired) electrons. The topological polar surface area (TPSA) is 77.8 Å². The predicted molar refractivity (Wildman–Crippen MR) is 64.4 cm³/mol. The van der Waals surface area contributed by atoms with E-state index in [0.29, 0.717) is 12.8 Å². The van der Waals surface area contributed by atoms with Crippen LogP contribution in [-0.2, 0) is 11.2 Å². The number of aliphatic carboxylic acids is 1. The van der Waals surface area contributed by atoms with Gasteiger partial charge in [0.05, 0.1) is 0 Å². The van der Waals surface area contributed by atoms with Crippen molar-refractivity contribution in [1.82, 2.24) is 4.90 Å². The molecule has 2 N–H and O–H groups in total. The summed E-state index contributed by atoms with van der Waals surface area (Å²) in [5.41, 5.74) is 0.167. The average Bonchev–Trinajstić information content (AvgIpc) is 2.28. The molecule has 1 aromatic carbocycles. The van der Waals surface area contributed by atoms with Crippen molar-refractivity contribution >= 4 is 12.1 Å². The minimum atomic E-state index is -1.05. The molecule has 0 aliphatic carbocycles. The van der Waals surface area contributed by atoms with E-state index in [1.807, 2.05) is 30.3 Å². The van der Waals surface area contributed by atoms with E-state index in [4.69, 9.17) is 5.11 Å². The Morgan fingerprint density at radius 2 is 1.78 bits per heavy atom. The van der Waals surface area contributed by atoms with Gasteiger partial charge in [0.1, 0.15) is 5.41 Å². The number of carboxylic acid groups (broad SMARTS) is 2. The van der Waals surface area contributed by atoms with Crippen molar-refractivity contribution < 1.29 is 19.8 Å². The third-order valence-electron chi connectivity index (χ3n) is 3.45. The number of carbonyl (C=O) groups is 2. The van der Waals surface area contributed by atoms with Crippen LogP contribution in [0.4, 0.5) is 4.79 Å². The first-order valence-corrected chi connectivity index (χ1v) is 5.79. The molecular weight excluding hydrogens is 234 g/mol. The van der Waals surface area contributed by atoms with Crippen molar-refractivity contribution in [3.8, 4) is 0 Å². The largest absolute Gasteiger partial charge is 0.481 e. The molecule has 1 amide bonds. The van der Waals surface area contributed by atoms with Gasteiger partial charge in [-0.25, -0.2) is 4.79 Å². The van der Waals surface area contributed by atoms with Gasteiger partial charge in [0.2, 0.25) is 0 Å². The molecule has 1 saturated heterocycles. The number of carboxylic acids is 1. The fourth-order valence-corrected chi connectivity index (χ4v) is 2.25. The highest BCUT2D eigenvalue weighted by molar-refractivity contribution is 5.80. The summed E-state index contributed by atoms with van der Waals surface area (Å²) in [5.74, 6) is -0.907. The number of benzene rings is 1. The summed E-state index contributed by atoms with van der Waals surface area (Å²) in [5, 5.41) is 18.0. The summed E-state index contributed by atoms with van der Waals surface area (Å²) in [6.45, 7) is 0.176. The Morgan fingerprint density at radius 1 is 1.17 bits per heavy atom. The monoisotopic (exact) mass is 249 g/mol. The molecule has 1 aliphatic heterocycles. The van der Waals surface area contributed by atoms with Crippen LogP contribution in [0.5, 0.6) is 0 Å². The molecule has 1 fully saturated rings. The molecule has 0 bridgehead atoms. The van der Waals surface area contributed by atoms with Gasteiger partial charge in [0.25, 0.3) is 0 Å². The smallest absolute Gasteiger partial charge is 0.407 e. The number of hydrogen-bond acceptors (Lipinski definition) is 2. The van der Waals surface area contributed by atoms with E-state index in [0.717, 1.165) is 10.5 Å². The van der Waals surface area contributed by atoms with E-state index >= 15 is 0 Å². The van der Waals surface area contributed by atoms with Crippen LogP contribution in [0.1, 0.15) is 12.0 Å². The summed E-state index contributed by atoms with van der Waals surface area (Å²) in [6.07, 6.45) is 0.0723. The highest BCUT2D eigenvalue weighted by Gasteiger charge is 2.50. The first kappa shape index (κ1) is 12.4. The van der Waals surface area contributed by atoms with Crippen LogP contribution >= 0.6 is 0 Å². The fourth-order valence-electron chi connectivity index (χ4n) is 2.25. The van der Waals surface area contributed by atoms with Crippen molar-refractivity contribution in [2.75, 3.05) is 13.1 Å². The summed E-state index contributed by atoms with van der Waals surface area (Å²) >= 11 is 0. The SMILES string of the molecule is O=C(O)N1CC(CCc2ccccc2)(C(=O)O)C1. The van der Waals surface area contributed by atoms with Crippen molar-refractivity contribution in [3.63, 3.8) is 0 Å². The second kappa shape index (κ2) is 4.68. The van der Waals surface area contributed by atoms with Crippen LogP contribution in [0.2, 0.25) is 0 Å². The summed E-state index contributed by atoms with van der Waals surface area (Å²) in [4.78, 5) is 23.1. The van der Waals surface area contributed by atoms with Crippen molar-refractivity contribution in [2.24, 2.45) is 5.41 Å². The van der Waals surface area contributed by atoms with E-state index in [9.17, 15) is 14.7 Å². The molecule has 96 valence electrons. The molecule has 1 aromatic rings. The van der Waals surface area contributed by atoms with Crippen molar-refractivity contribution in [3.05, 3.63) is 35.9 Å². The number of likely N-dealkylation sites (tertiary alicyclic amines) is 1. The van der Waals surface area contributed by atoms with Crippen LogP contribution in [0, 0.1) is 5.41 Å². The Hall–Kier alpha value is -2.04. The summed E-state index contributed by atoms with van der Waals surface area (Å²) in [6, 6.07) is 9.62. The quantitative estimate of drug-likeness (QED) is 0.851. The third-order valence-corrected chi connectivity index (χ3v) is 3.45. The molecule has 5 nitrogen and oxygen atoms in total. The van der Waals surface area contributed by atoms with Crippen LogP contribution in [-0.4, -0.2) is 40.3 Å². The lowest BCUT2D eigenvalue weighted by molar-refractivity contribution is -0.159. The summed E-state index contributed by atoms with van der Waals surface area (Å²) < 4.78 is 0. The minimum absolute atomic E-state index is 0.0878. The van der Waals surface area contributed by atoms with Crippen molar-refractivity contribution in [2.45, 2.75) is 12.8 Å². The van der Waals surface area contributed by atoms with Gasteiger partial charge in [-0.3, -0.25) is 4.79 Å². The van der Waals surface area contributed by atoms with Gasteiger partial charge in [-0.2, -0.15) is 0 Å². The molecule has 5 heteroatoms. The lowest BCUT2D eigenvalue weighted by Gasteiger charge is -2.45. The molecule has 0 aromatic heterocycles. The third kappa shape index (κ3) is 2.30. The maximum Gasteiger partial charge on any atom is 0.407 e. The standard InChI is InChI=1S/C13H15NO4/c15-11(16)13(8-14(9-13)12(17)18)7-6-10-4-2-1-3-5-10/h1-5H,6-9H2,(H,15,16)(H,17,18). The van der Waals surface area contributed by atoms with Gasteiger partial charge < -0.3 is 15.1 Å². The maximum absolute atomic E-state index is 11.3. The number of nitrogens with zero attached hydrogens (tertiary/aromatic N) is 1. The van der Waals surface area contributed by atoms with Gasteiger partial charge in [0.15, 0.2) is 0 Å². The lowest BCUT2D eigenvalue weighted by atomic mass is 9.75. The minimum Gasteiger partial charge on any atom is -0.481 e. The van der Waals surface area contributed by atoms with E-state index < -0.39 is 17.5 Å². The van der Waals surface area contributed by atoms with Gasteiger partial charge in [-0.05, 0) is 18.4 Å². The van der Waals surface area contributed by atoms with Gasteiger partial charge in [-0.1, -0.05) is 30.3 Å². The van der Waals surface area contributed by atoms with E-state index in [1.54, 1.807) is 0 Å². The first-order valence-electron chi connectivity index (χ1n) is 5.79. The fraction of sp³-hybridized carbons (Fsp3) is 0.385. The molecule has 0 unspecified atom stereocenters. The van der Waals surface area contributed by atoms with Gasteiger partial charge in [0, 0.05) is 13.1 Å². The van der Waals surface area contributed by atoms with Crippen LogP contribution in [0.15, 0.2) is 30.3 Å². The number of hydrogen-bond donors (Lipinski definition) is 2. The lowest BCUT2D eigenvalue weighted by Crippen LogP contribution is -2.62. The van der Waals surface area contributed by atoms with Crippen LogP contribution in [0.25, 0.3) is 0 Å². The zero-order valence-electron chi connectivity index (χ0n) is 9.87. The molecule has 0 saturated carbocycles. The van der Waals surface area contributed by atoms with E-state index in [2.05, 4.69) is 0 Å². The molecular formula is C13H15NO4. The molecule has 2 rings (SSSR count). The zero-order valence-corrected chi connectivity index (χ0v) is 9.87. The zero-order chi connectivity index (χ0) is 13.2. The molecule has 1 heterocycles. The van der Waals surface area contributed by atoms with Crippen LogP contribution in [0.3, 0.4) is 0 Å². The maximum atomic E-state index is 11.3. The Morgan fingerprint density at radius 3 is 2.28 bits per heavy atom. The second-order valence-electron chi connectivity index (χ2n) is 4.71. The van der Waals surface area contributed by atoms with Gasteiger partial charge >= 0.3 is 12.1 Å². The normalized spacial score (nSPS) is 17.0. The van der Waals surface area contributed by atoms with E-state index in [-0.39, 0.29) is 13.1 Å². The molecule has 1 aliphatic rings. The molecule has 0 spiro atoms. The highest BCUT2D eigenvalue weighted by atomic mass is 16.4. The Bertz CT molecular complexity index is 451. The predicted octanol–water partition coefficient (Wildman–Crippen LogP) is 1.68. The van der Waals surface area contributed by atoms with Crippen molar-refractivity contribution in [1.29, 1.82) is 0 Å². The molecule has 18 heavy (non-hydrogen) atoms. The Balaban J connectivity index is 1.97. The molecule has 0 atom stereocenters. The Labute approximate surface area is 105 Å². The van der Waals surface area contributed by atoms with E-state index in [1.165, 1.54) is 0 Å². The van der Waals surface area contributed by atoms with Gasteiger partial charge in [-0.15, -0.1) is 0 Å². The average molecular weight is 249 g/mol. The number of amides is 1. The Kier molecular flexibility index (Phi) is 3.23. The highest BCUT2D eigenvalue weighted by Crippen LogP contribution is 2.35. The summed E-state index contributed by atoms with van der Waals surface area (Å²) in [7, 11) is 0. The van der Waals surface area contributed by atoms with Crippen LogP contribution < -0.4 is 0 Å².